The average Bonchev–Trinajstić information content (AvgIpc) is 2.83. The largest absolute Gasteiger partial charge is 0.508 e. The van der Waals surface area contributed by atoms with E-state index in [4.69, 9.17) is 4.74 Å². The number of ether oxygens (including phenoxy) is 1. The number of benzene rings is 4. The lowest BCUT2D eigenvalue weighted by Gasteiger charge is -2.13. The minimum atomic E-state index is -0.519. The molecule has 7 heteroatoms. The minimum absolute atomic E-state index is 0.0240. The summed E-state index contributed by atoms with van der Waals surface area (Å²) in [6, 6.07) is 26.2. The van der Waals surface area contributed by atoms with Crippen LogP contribution in [0.15, 0.2) is 84.4 Å². The van der Waals surface area contributed by atoms with Gasteiger partial charge in [-0.15, -0.1) is 0 Å². The number of nitrogens with one attached hydrogen (secondary N) is 1. The van der Waals surface area contributed by atoms with E-state index in [-0.39, 0.29) is 11.3 Å². The lowest BCUT2D eigenvalue weighted by atomic mass is 10.1. The Kier molecular flexibility index (Phi) is 7.70. The highest BCUT2D eigenvalue weighted by molar-refractivity contribution is 14.1. The number of phenolic OH excluding ortho intramolecular Hbond substituents is 1. The van der Waals surface area contributed by atoms with Gasteiger partial charge in [0.15, 0.2) is 0 Å². The van der Waals surface area contributed by atoms with Gasteiger partial charge in [0.2, 0.25) is 0 Å². The van der Waals surface area contributed by atoms with Gasteiger partial charge in [-0.3, -0.25) is 4.79 Å². The molecule has 0 saturated heterocycles. The second kappa shape index (κ2) is 10.9. The van der Waals surface area contributed by atoms with Crippen LogP contribution in [0.4, 0.5) is 5.69 Å². The maximum Gasteiger partial charge on any atom is 0.266 e. The van der Waals surface area contributed by atoms with Crippen molar-refractivity contribution in [2.24, 2.45) is 0 Å². The predicted molar refractivity (Wildman–Crippen MR) is 150 cm³/mol. The Morgan fingerprint density at radius 3 is 2.38 bits per heavy atom. The van der Waals surface area contributed by atoms with Gasteiger partial charge in [-0.05, 0) is 110 Å². The second-order valence-corrected chi connectivity index (χ2v) is 9.74. The highest BCUT2D eigenvalue weighted by Gasteiger charge is 2.13. The summed E-state index contributed by atoms with van der Waals surface area (Å²) in [5.41, 5.74) is 2.30. The lowest BCUT2D eigenvalue weighted by Crippen LogP contribution is -2.13. The summed E-state index contributed by atoms with van der Waals surface area (Å²) in [7, 11) is 0. The van der Waals surface area contributed by atoms with Crippen molar-refractivity contribution in [2.45, 2.75) is 6.61 Å². The van der Waals surface area contributed by atoms with Gasteiger partial charge >= 0.3 is 0 Å². The number of anilines is 1. The molecule has 4 rings (SSSR count). The molecule has 4 aromatic carbocycles. The van der Waals surface area contributed by atoms with Crippen molar-refractivity contribution < 1.29 is 14.6 Å². The molecule has 5 nitrogen and oxygen atoms in total. The number of carbonyl (C=O) groups excluding carboxylic acids is 1. The molecule has 0 radical (unpaired) electrons. The first kappa shape index (κ1) is 24.0. The average molecular weight is 672 g/mol. The summed E-state index contributed by atoms with van der Waals surface area (Å²) in [5.74, 6) is 0.341. The molecule has 0 aliphatic carbocycles. The van der Waals surface area contributed by atoms with Crippen molar-refractivity contribution in [1.82, 2.24) is 0 Å². The number of halogens is 2. The van der Waals surface area contributed by atoms with Crippen molar-refractivity contribution in [3.8, 4) is 17.6 Å². The summed E-state index contributed by atoms with van der Waals surface area (Å²) < 4.78 is 7.95. The van der Waals surface area contributed by atoms with E-state index in [1.165, 1.54) is 17.5 Å². The molecule has 1 amide bonds. The van der Waals surface area contributed by atoms with Gasteiger partial charge in [-0.2, -0.15) is 5.26 Å². The van der Waals surface area contributed by atoms with Crippen LogP contribution in [-0.2, 0) is 11.4 Å². The Morgan fingerprint density at radius 2 is 1.68 bits per heavy atom. The fraction of sp³-hybridized carbons (Fsp3) is 0.0370. The van der Waals surface area contributed by atoms with Crippen molar-refractivity contribution >= 4 is 73.6 Å². The molecule has 0 aliphatic rings. The van der Waals surface area contributed by atoms with E-state index in [2.05, 4.69) is 74.8 Å². The summed E-state index contributed by atoms with van der Waals surface area (Å²) in [6.45, 7) is 0.432. The molecule has 0 aromatic heterocycles. The molecule has 0 bridgehead atoms. The van der Waals surface area contributed by atoms with E-state index in [9.17, 15) is 15.2 Å². The normalized spacial score (nSPS) is 11.1. The van der Waals surface area contributed by atoms with E-state index in [0.717, 1.165) is 29.4 Å². The monoisotopic (exact) mass is 672 g/mol. The molecule has 34 heavy (non-hydrogen) atoms. The summed E-state index contributed by atoms with van der Waals surface area (Å²) >= 11 is 4.41. The SMILES string of the molecule is N#C/C(=C\c1cc(I)c(OCc2cccc3ccccc23)c(I)c1)C(=O)Nc1ccc(O)cc1. The first-order valence-electron chi connectivity index (χ1n) is 10.3. The van der Waals surface area contributed by atoms with Crippen molar-refractivity contribution in [1.29, 1.82) is 5.26 Å². The first-order valence-corrected chi connectivity index (χ1v) is 12.4. The number of hydrogen-bond donors (Lipinski definition) is 2. The van der Waals surface area contributed by atoms with Crippen molar-refractivity contribution in [3.05, 3.63) is 103 Å². The molecule has 0 fully saturated rings. The zero-order valence-electron chi connectivity index (χ0n) is 17.8. The predicted octanol–water partition coefficient (Wildman–Crippen LogP) is 6.88. The van der Waals surface area contributed by atoms with Crippen LogP contribution < -0.4 is 10.1 Å². The third kappa shape index (κ3) is 5.69. The van der Waals surface area contributed by atoms with Crippen LogP contribution in [0, 0.1) is 18.5 Å². The number of amides is 1. The standard InChI is InChI=1S/C27H18I2N2O3/c28-24-13-17(12-20(15-30)27(33)31-21-8-10-22(32)11-9-21)14-25(29)26(24)34-16-19-6-3-5-18-4-1-2-7-23(18)19/h1-14,32H,16H2,(H,31,33)/b20-12+. The number of nitrogens with zero attached hydrogens (tertiary/aromatic N) is 1. The van der Waals surface area contributed by atoms with Gasteiger partial charge in [-0.1, -0.05) is 42.5 Å². The Morgan fingerprint density at radius 1 is 1.00 bits per heavy atom. The van der Waals surface area contributed by atoms with Crippen molar-refractivity contribution in [3.63, 3.8) is 0 Å². The van der Waals surface area contributed by atoms with E-state index in [0.29, 0.717) is 12.3 Å². The summed E-state index contributed by atoms with van der Waals surface area (Å²) in [5, 5.41) is 23.9. The molecule has 0 spiro atoms. The number of phenols is 1. The van der Waals surface area contributed by atoms with Crippen LogP contribution in [0.3, 0.4) is 0 Å². The molecular weight excluding hydrogens is 654 g/mol. The summed E-state index contributed by atoms with van der Waals surface area (Å²) in [4.78, 5) is 12.5. The molecule has 2 N–H and O–H groups in total. The Labute approximate surface area is 224 Å². The number of aromatic hydroxyl groups is 1. The van der Waals surface area contributed by atoms with Crippen LogP contribution >= 0.6 is 45.2 Å². The highest BCUT2D eigenvalue weighted by atomic mass is 127. The molecule has 0 heterocycles. The van der Waals surface area contributed by atoms with Gasteiger partial charge in [0.05, 0.1) is 7.14 Å². The van der Waals surface area contributed by atoms with E-state index >= 15 is 0 Å². The highest BCUT2D eigenvalue weighted by Crippen LogP contribution is 2.31. The fourth-order valence-corrected chi connectivity index (χ4v) is 5.56. The van der Waals surface area contributed by atoms with Crippen LogP contribution in [0.5, 0.6) is 11.5 Å². The first-order chi connectivity index (χ1) is 16.4. The quantitative estimate of drug-likeness (QED) is 0.101. The number of fused-ring (bicyclic) bond motifs is 1. The Bertz CT molecular complexity index is 1410. The number of hydrogen-bond acceptors (Lipinski definition) is 4. The zero-order valence-corrected chi connectivity index (χ0v) is 22.1. The smallest absolute Gasteiger partial charge is 0.266 e. The summed E-state index contributed by atoms with van der Waals surface area (Å²) in [6.07, 6.45) is 1.55. The minimum Gasteiger partial charge on any atom is -0.508 e. The zero-order chi connectivity index (χ0) is 24.1. The van der Waals surface area contributed by atoms with Gasteiger partial charge < -0.3 is 15.2 Å². The topological polar surface area (TPSA) is 82.3 Å². The van der Waals surface area contributed by atoms with E-state index in [1.54, 1.807) is 18.2 Å². The number of nitriles is 1. The second-order valence-electron chi connectivity index (χ2n) is 7.41. The molecule has 168 valence electrons. The number of carbonyl (C=O) groups is 1. The van der Waals surface area contributed by atoms with Gasteiger partial charge in [0.25, 0.3) is 5.91 Å². The van der Waals surface area contributed by atoms with Crippen LogP contribution in [0.25, 0.3) is 16.8 Å². The van der Waals surface area contributed by atoms with Gasteiger partial charge in [0, 0.05) is 5.69 Å². The molecule has 4 aromatic rings. The molecule has 0 unspecified atom stereocenters. The van der Waals surface area contributed by atoms with E-state index < -0.39 is 5.91 Å². The van der Waals surface area contributed by atoms with Crippen LogP contribution in [0.2, 0.25) is 0 Å². The fourth-order valence-electron chi connectivity index (χ4n) is 3.43. The van der Waals surface area contributed by atoms with E-state index in [1.807, 2.05) is 36.4 Å². The Balaban J connectivity index is 1.53. The maximum atomic E-state index is 12.5. The van der Waals surface area contributed by atoms with Gasteiger partial charge in [0.1, 0.15) is 29.7 Å². The number of rotatable bonds is 6. The Hall–Kier alpha value is -3.10. The molecular formula is C27H18I2N2O3. The molecule has 0 atom stereocenters. The third-order valence-electron chi connectivity index (χ3n) is 5.07. The van der Waals surface area contributed by atoms with Gasteiger partial charge in [-0.25, -0.2) is 0 Å². The third-order valence-corrected chi connectivity index (χ3v) is 6.68. The van der Waals surface area contributed by atoms with Crippen LogP contribution in [-0.4, -0.2) is 11.0 Å². The maximum absolute atomic E-state index is 12.5. The molecule has 0 saturated carbocycles. The lowest BCUT2D eigenvalue weighted by molar-refractivity contribution is -0.112. The van der Waals surface area contributed by atoms with Crippen LogP contribution in [0.1, 0.15) is 11.1 Å². The molecule has 0 aliphatic heterocycles. The van der Waals surface area contributed by atoms with Crippen molar-refractivity contribution in [2.75, 3.05) is 5.32 Å².